The summed E-state index contributed by atoms with van der Waals surface area (Å²) in [5.41, 5.74) is 3.01. The van der Waals surface area contributed by atoms with Crippen molar-refractivity contribution in [3.63, 3.8) is 0 Å². The molecule has 6 nitrogen and oxygen atoms in total. The molecule has 2 aromatic rings. The number of hydrogen-bond acceptors (Lipinski definition) is 6. The number of Topliss-reactive ketones (excluding diaryl/α,β-unsaturated/α-hetero) is 2. The van der Waals surface area contributed by atoms with Gasteiger partial charge in [0.15, 0.2) is 5.78 Å². The van der Waals surface area contributed by atoms with Crippen LogP contribution in [0.25, 0.3) is 0 Å². The Morgan fingerprint density at radius 1 is 0.865 bits per heavy atom. The fraction of sp³-hybridized carbons (Fsp3) is 0.652. The predicted molar refractivity (Wildman–Crippen MR) is 202 cm³/mol. The van der Waals surface area contributed by atoms with Crippen molar-refractivity contribution >= 4 is 11.6 Å². The van der Waals surface area contributed by atoms with Gasteiger partial charge in [-0.05, 0) is 140 Å². The predicted octanol–water partition coefficient (Wildman–Crippen LogP) is 9.42. The van der Waals surface area contributed by atoms with Crippen molar-refractivity contribution in [2.75, 3.05) is 0 Å². The summed E-state index contributed by atoms with van der Waals surface area (Å²) in [5, 5.41) is 32.2. The zero-order valence-electron chi connectivity index (χ0n) is 32.4. The molecule has 0 amide bonds. The van der Waals surface area contributed by atoms with Gasteiger partial charge in [-0.2, -0.15) is 0 Å². The van der Waals surface area contributed by atoms with Crippen molar-refractivity contribution in [2.45, 2.75) is 142 Å². The molecule has 5 aliphatic carbocycles. The monoisotopic (exact) mass is 708 g/mol. The van der Waals surface area contributed by atoms with Crippen LogP contribution in [0.4, 0.5) is 0 Å². The molecule has 8 rings (SSSR count). The van der Waals surface area contributed by atoms with Gasteiger partial charge in [0.1, 0.15) is 23.4 Å². The molecular formula is C46H60O6. The molecule has 4 saturated carbocycles. The molecule has 5 fully saturated rings. The van der Waals surface area contributed by atoms with Crippen LogP contribution in [0.15, 0.2) is 59.7 Å². The summed E-state index contributed by atoms with van der Waals surface area (Å²) < 4.78 is 6.42. The molecule has 280 valence electrons. The molecule has 6 heteroatoms. The Hall–Kier alpha value is -2.96. The first-order valence-electron chi connectivity index (χ1n) is 20.2. The molecule has 0 aromatic heterocycles. The Kier molecular flexibility index (Phi) is 8.33. The summed E-state index contributed by atoms with van der Waals surface area (Å²) in [6.45, 7) is 15.9. The summed E-state index contributed by atoms with van der Waals surface area (Å²) in [4.78, 5) is 28.4. The van der Waals surface area contributed by atoms with E-state index in [1.807, 2.05) is 24.3 Å². The zero-order valence-corrected chi connectivity index (χ0v) is 32.4. The lowest BCUT2D eigenvalue weighted by atomic mass is 9.35. The Morgan fingerprint density at radius 2 is 1.54 bits per heavy atom. The first kappa shape index (κ1) is 36.0. The summed E-state index contributed by atoms with van der Waals surface area (Å²) >= 11 is 0. The van der Waals surface area contributed by atoms with Crippen LogP contribution in [-0.2, 0) is 14.3 Å². The van der Waals surface area contributed by atoms with E-state index in [1.165, 1.54) is 5.57 Å². The first-order chi connectivity index (χ1) is 24.5. The number of phenolic OH excluding ortho intramolecular Hbond substituents is 2. The van der Waals surface area contributed by atoms with Gasteiger partial charge in [-0.3, -0.25) is 9.59 Å². The maximum Gasteiger partial charge on any atom is 0.159 e. The van der Waals surface area contributed by atoms with E-state index >= 15 is 0 Å². The van der Waals surface area contributed by atoms with Crippen molar-refractivity contribution in [2.24, 2.45) is 45.3 Å². The number of phenols is 2. The second-order valence-electron chi connectivity index (χ2n) is 19.5. The number of epoxide rings is 1. The lowest BCUT2D eigenvalue weighted by Gasteiger charge is -2.68. The third kappa shape index (κ3) is 5.08. The van der Waals surface area contributed by atoms with Gasteiger partial charge in [-0.15, -0.1) is 0 Å². The highest BCUT2D eigenvalue weighted by Crippen LogP contribution is 2.75. The van der Waals surface area contributed by atoms with Gasteiger partial charge in [-0.1, -0.05) is 77.8 Å². The molecule has 12 unspecified atom stereocenters. The van der Waals surface area contributed by atoms with E-state index in [0.717, 1.165) is 68.1 Å². The molecule has 52 heavy (non-hydrogen) atoms. The van der Waals surface area contributed by atoms with Crippen LogP contribution in [0.5, 0.6) is 11.5 Å². The zero-order chi connectivity index (χ0) is 37.2. The quantitative estimate of drug-likeness (QED) is 0.248. The molecule has 6 aliphatic rings. The van der Waals surface area contributed by atoms with E-state index in [1.54, 1.807) is 18.2 Å². The first-order valence-corrected chi connectivity index (χ1v) is 20.2. The van der Waals surface area contributed by atoms with Crippen molar-refractivity contribution in [1.82, 2.24) is 0 Å². The molecule has 12 atom stereocenters. The number of hydrogen-bond donors (Lipinski definition) is 3. The van der Waals surface area contributed by atoms with E-state index in [4.69, 9.17) is 4.74 Å². The highest BCUT2D eigenvalue weighted by molar-refractivity contribution is 6.00. The number of carbonyl (C=O) groups excluding carboxylic acids is 2. The molecule has 2 aromatic carbocycles. The molecule has 0 bridgehead atoms. The highest BCUT2D eigenvalue weighted by atomic mass is 16.6. The van der Waals surface area contributed by atoms with Gasteiger partial charge >= 0.3 is 0 Å². The topological polar surface area (TPSA) is 107 Å². The summed E-state index contributed by atoms with van der Waals surface area (Å²) in [6.07, 6.45) is 7.95. The van der Waals surface area contributed by atoms with Crippen molar-refractivity contribution in [1.29, 1.82) is 0 Å². The van der Waals surface area contributed by atoms with E-state index in [-0.39, 0.29) is 63.3 Å². The van der Waals surface area contributed by atoms with E-state index in [0.29, 0.717) is 30.4 Å². The van der Waals surface area contributed by atoms with Crippen LogP contribution in [-0.4, -0.2) is 44.7 Å². The molecule has 0 radical (unpaired) electrons. The summed E-state index contributed by atoms with van der Waals surface area (Å²) in [6, 6.07) is 14.9. The van der Waals surface area contributed by atoms with Gasteiger partial charge in [0.25, 0.3) is 0 Å². The van der Waals surface area contributed by atoms with Gasteiger partial charge < -0.3 is 20.1 Å². The minimum Gasteiger partial charge on any atom is -0.508 e. The van der Waals surface area contributed by atoms with E-state index in [2.05, 4.69) is 54.5 Å². The molecule has 1 heterocycles. The van der Waals surface area contributed by atoms with Gasteiger partial charge in [-0.25, -0.2) is 0 Å². The number of rotatable bonds is 7. The average molecular weight is 709 g/mol. The largest absolute Gasteiger partial charge is 0.508 e. The Morgan fingerprint density at radius 3 is 2.23 bits per heavy atom. The molecule has 3 N–H and O–H groups in total. The third-order valence-corrected chi connectivity index (χ3v) is 16.7. The van der Waals surface area contributed by atoms with E-state index < -0.39 is 17.1 Å². The van der Waals surface area contributed by atoms with Crippen LogP contribution in [0.1, 0.15) is 136 Å². The fourth-order valence-corrected chi connectivity index (χ4v) is 14.1. The minimum absolute atomic E-state index is 0.0633. The molecule has 1 aliphatic heterocycles. The van der Waals surface area contributed by atoms with E-state index in [9.17, 15) is 24.9 Å². The number of benzene rings is 2. The molecule has 1 saturated heterocycles. The number of aromatic hydroxyl groups is 2. The van der Waals surface area contributed by atoms with Crippen molar-refractivity contribution < 1.29 is 29.6 Å². The van der Waals surface area contributed by atoms with Crippen molar-refractivity contribution in [3.05, 3.63) is 70.8 Å². The number of aliphatic hydroxyl groups is 1. The normalized spacial score (nSPS) is 42.0. The van der Waals surface area contributed by atoms with Crippen molar-refractivity contribution in [3.8, 4) is 11.5 Å². The molecule has 0 spiro atoms. The Bertz CT molecular complexity index is 1830. The maximum absolute atomic E-state index is 14.3. The maximum atomic E-state index is 14.3. The molecular weight excluding hydrogens is 649 g/mol. The SMILES string of the molecule is CC(CC(O)C1OC1(C)C1CCCC1c1cccc(O)c1)C1=C2CCC3C4(C)CC(c5cccc(O)c5)C(=O)C(C)(C)C4CCC3(C)C2(C)CC1=O. The summed E-state index contributed by atoms with van der Waals surface area (Å²) in [5.74, 6) is 1.91. The number of ketones is 2. The van der Waals surface area contributed by atoms with Crippen LogP contribution in [0, 0.1) is 45.3 Å². The van der Waals surface area contributed by atoms with Crippen LogP contribution in [0.2, 0.25) is 0 Å². The number of fused-ring (bicyclic) bond motifs is 5. The second kappa shape index (κ2) is 12.0. The number of aliphatic hydroxyl groups excluding tert-OH is 1. The lowest BCUT2D eigenvalue weighted by Crippen LogP contribution is -2.63. The lowest BCUT2D eigenvalue weighted by molar-refractivity contribution is -0.183. The standard InChI is InChI=1S/C46H60O6/c1-26(21-35(49)41-46(7,52-41)33-16-10-15-31(33)27-11-8-13-29(47)22-27)39-34-17-18-38-43(4)24-32(28-12-9-14-30(48)23-28)40(51)42(2,3)37(43)19-20-44(38,5)45(34,6)25-36(39)50/h8-9,11-14,22-23,26,31-33,35,37-38,41,47-49H,10,15-21,24-25H2,1-7H3. The third-order valence-electron chi connectivity index (χ3n) is 16.7. The van der Waals surface area contributed by atoms with Gasteiger partial charge in [0.2, 0.25) is 0 Å². The van der Waals surface area contributed by atoms with Crippen LogP contribution in [0.3, 0.4) is 0 Å². The Balaban J connectivity index is 1.04. The van der Waals surface area contributed by atoms with Crippen LogP contribution >= 0.6 is 0 Å². The number of allylic oxidation sites excluding steroid dienone is 2. The number of ether oxygens (including phenoxy) is 1. The van der Waals surface area contributed by atoms with Gasteiger partial charge in [0.05, 0.1) is 11.7 Å². The minimum atomic E-state index is -0.657. The Labute approximate surface area is 310 Å². The number of carbonyl (C=O) groups is 2. The summed E-state index contributed by atoms with van der Waals surface area (Å²) in [7, 11) is 0. The highest BCUT2D eigenvalue weighted by Gasteiger charge is 2.69. The average Bonchev–Trinajstić information content (AvgIpc) is 3.39. The van der Waals surface area contributed by atoms with Gasteiger partial charge in [0, 0.05) is 23.2 Å². The second-order valence-corrected chi connectivity index (χ2v) is 19.5. The smallest absolute Gasteiger partial charge is 0.159 e. The van der Waals surface area contributed by atoms with Crippen LogP contribution < -0.4 is 0 Å². The fourth-order valence-electron chi connectivity index (χ4n) is 14.1.